The molecule has 2 heterocycles. The molecule has 4 rings (SSSR count). The van der Waals surface area contributed by atoms with Crippen LogP contribution in [0.3, 0.4) is 0 Å². The van der Waals surface area contributed by atoms with Gasteiger partial charge in [-0.25, -0.2) is 9.97 Å². The first-order valence-corrected chi connectivity index (χ1v) is 13.4. The van der Waals surface area contributed by atoms with Gasteiger partial charge in [0.15, 0.2) is 10.9 Å². The molecular formula is C28H34N4O2S. The van der Waals surface area contributed by atoms with Gasteiger partial charge in [0.05, 0.1) is 5.56 Å². The highest BCUT2D eigenvalue weighted by atomic mass is 32.2. The number of rotatable bonds is 8. The van der Waals surface area contributed by atoms with Crippen molar-refractivity contribution >= 4 is 23.4 Å². The first-order chi connectivity index (χ1) is 17.1. The first kappa shape index (κ1) is 25.2. The second-order valence-electron chi connectivity index (χ2n) is 9.02. The molecule has 0 saturated carbocycles. The Balaban J connectivity index is 1.51. The average molecular weight is 491 g/mol. The predicted octanol–water partition coefficient (Wildman–Crippen LogP) is 5.20. The summed E-state index contributed by atoms with van der Waals surface area (Å²) in [6, 6.07) is 18.6. The van der Waals surface area contributed by atoms with Crippen LogP contribution >= 0.6 is 11.8 Å². The van der Waals surface area contributed by atoms with Crippen molar-refractivity contribution in [3.05, 3.63) is 77.5 Å². The summed E-state index contributed by atoms with van der Waals surface area (Å²) < 4.78 is 6.55. The molecular weight excluding hydrogens is 456 g/mol. The number of nitrogens with one attached hydrogen (secondary N) is 1. The van der Waals surface area contributed by atoms with E-state index in [9.17, 15) is 4.79 Å². The molecule has 0 radical (unpaired) electrons. The normalized spacial score (nSPS) is 17.2. The maximum Gasteiger partial charge on any atom is 0.189 e. The number of carbonyl (C=O) groups is 1. The van der Waals surface area contributed by atoms with Crippen molar-refractivity contribution in [1.82, 2.24) is 15.3 Å². The van der Waals surface area contributed by atoms with E-state index < -0.39 is 0 Å². The number of likely N-dealkylation sites (N-methyl/N-ethyl adjacent to an activating group) is 1. The third kappa shape index (κ3) is 6.41. The Morgan fingerprint density at radius 2 is 1.91 bits per heavy atom. The van der Waals surface area contributed by atoms with Crippen LogP contribution in [0.5, 0.6) is 5.75 Å². The van der Waals surface area contributed by atoms with Gasteiger partial charge in [-0.1, -0.05) is 60.3 Å². The molecule has 2 aromatic carbocycles. The lowest BCUT2D eigenvalue weighted by Gasteiger charge is -2.24. The smallest absolute Gasteiger partial charge is 0.189 e. The second kappa shape index (κ2) is 12.2. The predicted molar refractivity (Wildman–Crippen MR) is 143 cm³/mol. The highest BCUT2D eigenvalue weighted by molar-refractivity contribution is 7.98. The zero-order chi connectivity index (χ0) is 24.6. The van der Waals surface area contributed by atoms with E-state index in [1.807, 2.05) is 44.6 Å². The average Bonchev–Trinajstić information content (AvgIpc) is 2.95. The Kier molecular flexibility index (Phi) is 8.77. The summed E-state index contributed by atoms with van der Waals surface area (Å²) in [6.07, 6.45) is 6.77. The van der Waals surface area contributed by atoms with Crippen molar-refractivity contribution in [3.63, 3.8) is 0 Å². The molecule has 1 aromatic heterocycles. The van der Waals surface area contributed by atoms with Crippen LogP contribution in [0.4, 0.5) is 5.82 Å². The zero-order valence-corrected chi connectivity index (χ0v) is 21.6. The molecule has 2 unspecified atom stereocenters. The Morgan fingerprint density at radius 3 is 2.69 bits per heavy atom. The van der Waals surface area contributed by atoms with Gasteiger partial charge in [-0.05, 0) is 55.7 Å². The Bertz CT molecular complexity index is 1120. The molecule has 2 atom stereocenters. The minimum atomic E-state index is -0.0747. The van der Waals surface area contributed by atoms with E-state index in [-0.39, 0.29) is 11.9 Å². The molecule has 7 heteroatoms. The lowest BCUT2D eigenvalue weighted by Crippen LogP contribution is -2.24. The number of fused-ring (bicyclic) bond motifs is 1. The summed E-state index contributed by atoms with van der Waals surface area (Å²) in [7, 11) is 3.96. The molecule has 3 aromatic rings. The molecule has 0 fully saturated rings. The SMILES string of the molecule is CNCC(Oc1ccccc1CC1CCC(=O)c2cnc(SC)nc2N(C)CC1)c1ccccc1. The van der Waals surface area contributed by atoms with Crippen LogP contribution in [0, 0.1) is 5.92 Å². The standard InChI is InChI=1S/C28H34N4O2S/c1-29-19-26(21-9-5-4-6-10-21)34-25-12-8-7-11-22(25)17-20-13-14-24(33)23-18-30-28(35-3)31-27(23)32(2)16-15-20/h4-12,18,20,26,29H,13-17,19H2,1-3H3. The lowest BCUT2D eigenvalue weighted by molar-refractivity contribution is 0.0974. The summed E-state index contributed by atoms with van der Waals surface area (Å²) in [4.78, 5) is 24.1. The highest BCUT2D eigenvalue weighted by Gasteiger charge is 2.24. The van der Waals surface area contributed by atoms with Crippen molar-refractivity contribution in [2.75, 3.05) is 38.3 Å². The number of thioether (sulfide) groups is 1. The zero-order valence-electron chi connectivity index (χ0n) is 20.7. The van der Waals surface area contributed by atoms with Crippen molar-refractivity contribution in [2.45, 2.75) is 36.9 Å². The Labute approximate surface area is 212 Å². The molecule has 1 N–H and O–H groups in total. The van der Waals surface area contributed by atoms with Crippen LogP contribution in [0.1, 0.15) is 46.9 Å². The Hall–Kier alpha value is -2.90. The van der Waals surface area contributed by atoms with Gasteiger partial charge in [0.25, 0.3) is 0 Å². The van der Waals surface area contributed by atoms with Gasteiger partial charge in [0.2, 0.25) is 0 Å². The van der Waals surface area contributed by atoms with Gasteiger partial charge in [-0.15, -0.1) is 0 Å². The van der Waals surface area contributed by atoms with Gasteiger partial charge in [-0.3, -0.25) is 4.79 Å². The number of Topliss-reactive ketones (excluding diaryl/α,β-unsaturated/α-hetero) is 1. The molecule has 0 bridgehead atoms. The Morgan fingerprint density at radius 1 is 1.14 bits per heavy atom. The lowest BCUT2D eigenvalue weighted by atomic mass is 9.90. The topological polar surface area (TPSA) is 67.3 Å². The van der Waals surface area contributed by atoms with Gasteiger partial charge in [-0.2, -0.15) is 0 Å². The molecule has 0 saturated heterocycles. The van der Waals surface area contributed by atoms with Crippen LogP contribution in [-0.2, 0) is 6.42 Å². The van der Waals surface area contributed by atoms with E-state index in [0.29, 0.717) is 23.1 Å². The number of carbonyl (C=O) groups excluding carboxylic acids is 1. The number of aromatic nitrogens is 2. The minimum absolute atomic E-state index is 0.0747. The summed E-state index contributed by atoms with van der Waals surface area (Å²) in [5, 5.41) is 3.95. The molecule has 184 valence electrons. The number of nitrogens with zero attached hydrogens (tertiary/aromatic N) is 3. The van der Waals surface area contributed by atoms with Crippen molar-refractivity contribution in [2.24, 2.45) is 5.92 Å². The maximum atomic E-state index is 13.1. The van der Waals surface area contributed by atoms with Crippen molar-refractivity contribution in [3.8, 4) is 5.75 Å². The fourth-order valence-corrected chi connectivity index (χ4v) is 4.91. The van der Waals surface area contributed by atoms with E-state index in [0.717, 1.165) is 49.5 Å². The van der Waals surface area contributed by atoms with Gasteiger partial charge >= 0.3 is 0 Å². The number of anilines is 1. The summed E-state index contributed by atoms with van der Waals surface area (Å²) >= 11 is 1.49. The number of ketones is 1. The molecule has 6 nitrogen and oxygen atoms in total. The van der Waals surface area contributed by atoms with Crippen molar-refractivity contribution in [1.29, 1.82) is 0 Å². The summed E-state index contributed by atoms with van der Waals surface area (Å²) in [6.45, 7) is 1.56. The van der Waals surface area contributed by atoms with E-state index in [1.54, 1.807) is 6.20 Å². The minimum Gasteiger partial charge on any atom is -0.484 e. The van der Waals surface area contributed by atoms with E-state index in [4.69, 9.17) is 4.74 Å². The fraction of sp³-hybridized carbons (Fsp3) is 0.393. The molecule has 0 aliphatic carbocycles. The van der Waals surface area contributed by atoms with Crippen LogP contribution in [0.25, 0.3) is 0 Å². The van der Waals surface area contributed by atoms with Crippen LogP contribution < -0.4 is 15.0 Å². The van der Waals surface area contributed by atoms with E-state index in [2.05, 4.69) is 50.5 Å². The summed E-state index contributed by atoms with van der Waals surface area (Å²) in [5.74, 6) is 2.15. The van der Waals surface area contributed by atoms with Crippen LogP contribution in [-0.4, -0.2) is 49.2 Å². The summed E-state index contributed by atoms with van der Waals surface area (Å²) in [5.41, 5.74) is 2.97. The number of ether oxygens (including phenoxy) is 1. The molecule has 0 amide bonds. The molecule has 1 aliphatic rings. The van der Waals surface area contributed by atoms with Crippen molar-refractivity contribution < 1.29 is 9.53 Å². The molecule has 0 spiro atoms. The third-order valence-electron chi connectivity index (χ3n) is 6.55. The molecule has 35 heavy (non-hydrogen) atoms. The largest absolute Gasteiger partial charge is 0.484 e. The van der Waals surface area contributed by atoms with Gasteiger partial charge in [0.1, 0.15) is 17.7 Å². The number of benzene rings is 2. The van der Waals surface area contributed by atoms with Crippen LogP contribution in [0.15, 0.2) is 66.0 Å². The molecule has 1 aliphatic heterocycles. The van der Waals surface area contributed by atoms with E-state index in [1.165, 1.54) is 17.3 Å². The fourth-order valence-electron chi connectivity index (χ4n) is 4.58. The first-order valence-electron chi connectivity index (χ1n) is 12.2. The number of para-hydroxylation sites is 1. The van der Waals surface area contributed by atoms with Gasteiger partial charge < -0.3 is 15.0 Å². The van der Waals surface area contributed by atoms with Crippen LogP contribution in [0.2, 0.25) is 0 Å². The third-order valence-corrected chi connectivity index (χ3v) is 7.12. The van der Waals surface area contributed by atoms with Gasteiger partial charge in [0, 0.05) is 32.8 Å². The van der Waals surface area contributed by atoms with E-state index >= 15 is 0 Å². The monoisotopic (exact) mass is 490 g/mol. The number of hydrogen-bond acceptors (Lipinski definition) is 7. The maximum absolute atomic E-state index is 13.1. The number of hydrogen-bond donors (Lipinski definition) is 1. The quantitative estimate of drug-likeness (QED) is 0.344. The second-order valence-corrected chi connectivity index (χ2v) is 9.79. The highest BCUT2D eigenvalue weighted by Crippen LogP contribution is 2.31.